The van der Waals surface area contributed by atoms with Crippen molar-refractivity contribution in [2.24, 2.45) is 0 Å². The first kappa shape index (κ1) is 11.2. The van der Waals surface area contributed by atoms with Gasteiger partial charge in [-0.05, 0) is 12.1 Å². The van der Waals surface area contributed by atoms with Gasteiger partial charge in [-0.2, -0.15) is 0 Å². The van der Waals surface area contributed by atoms with Crippen molar-refractivity contribution in [2.45, 2.75) is 11.9 Å². The Bertz CT molecular complexity index is 478. The van der Waals surface area contributed by atoms with Crippen molar-refractivity contribution < 1.29 is 8.78 Å². The van der Waals surface area contributed by atoms with E-state index >= 15 is 0 Å². The molecule has 2 rings (SSSR count). The van der Waals surface area contributed by atoms with Crippen LogP contribution < -0.4 is 0 Å². The van der Waals surface area contributed by atoms with E-state index < -0.39 is 11.6 Å². The first-order chi connectivity index (χ1) is 7.70. The number of rotatable bonds is 3. The third kappa shape index (κ3) is 2.27. The second-order valence-electron chi connectivity index (χ2n) is 3.24. The second-order valence-corrected chi connectivity index (χ2v) is 3.80. The highest BCUT2D eigenvalue weighted by molar-refractivity contribution is 9.08. The SMILES string of the molecule is Fc1cccc(F)c1Cn1cc(CBr)nn1. The lowest BCUT2D eigenvalue weighted by molar-refractivity contribution is 0.528. The predicted molar refractivity (Wildman–Crippen MR) is 58.1 cm³/mol. The number of hydrogen-bond acceptors (Lipinski definition) is 2. The van der Waals surface area contributed by atoms with Crippen LogP contribution >= 0.6 is 15.9 Å². The van der Waals surface area contributed by atoms with E-state index in [9.17, 15) is 8.78 Å². The topological polar surface area (TPSA) is 30.7 Å². The van der Waals surface area contributed by atoms with Crippen LogP contribution in [0.3, 0.4) is 0 Å². The minimum atomic E-state index is -0.573. The van der Waals surface area contributed by atoms with Gasteiger partial charge in [0, 0.05) is 17.1 Å². The number of halogens is 3. The number of benzene rings is 1. The van der Waals surface area contributed by atoms with Gasteiger partial charge in [0.25, 0.3) is 0 Å². The average Bonchev–Trinajstić information content (AvgIpc) is 2.71. The fraction of sp³-hybridized carbons (Fsp3) is 0.200. The molecule has 2 aromatic rings. The highest BCUT2D eigenvalue weighted by atomic mass is 79.9. The zero-order valence-electron chi connectivity index (χ0n) is 8.20. The van der Waals surface area contributed by atoms with Crippen molar-refractivity contribution in [3.63, 3.8) is 0 Å². The summed E-state index contributed by atoms with van der Waals surface area (Å²) in [6.07, 6.45) is 1.64. The Morgan fingerprint density at radius 1 is 1.25 bits per heavy atom. The molecule has 0 spiro atoms. The molecule has 1 aromatic heterocycles. The first-order valence-corrected chi connectivity index (χ1v) is 5.70. The lowest BCUT2D eigenvalue weighted by Gasteiger charge is -2.03. The van der Waals surface area contributed by atoms with Crippen LogP contribution in [-0.2, 0) is 11.9 Å². The molecule has 0 atom stereocenters. The van der Waals surface area contributed by atoms with E-state index in [1.807, 2.05) is 0 Å². The van der Waals surface area contributed by atoms with Crippen LogP contribution in [0.15, 0.2) is 24.4 Å². The third-order valence-corrected chi connectivity index (χ3v) is 2.68. The third-order valence-electron chi connectivity index (χ3n) is 2.10. The van der Waals surface area contributed by atoms with Crippen molar-refractivity contribution in [3.05, 3.63) is 47.3 Å². The van der Waals surface area contributed by atoms with Crippen molar-refractivity contribution in [1.82, 2.24) is 15.0 Å². The molecule has 0 aliphatic rings. The molecule has 0 radical (unpaired) electrons. The standard InChI is InChI=1S/C10H8BrF2N3/c11-4-7-5-16(15-14-7)6-8-9(12)2-1-3-10(8)13/h1-3,5H,4,6H2. The van der Waals surface area contributed by atoms with Crippen LogP contribution in [0.5, 0.6) is 0 Å². The molecule has 0 N–H and O–H groups in total. The summed E-state index contributed by atoms with van der Waals surface area (Å²) in [6.45, 7) is 0.0402. The smallest absolute Gasteiger partial charge is 0.131 e. The monoisotopic (exact) mass is 287 g/mol. The number of nitrogens with zero attached hydrogens (tertiary/aromatic N) is 3. The van der Waals surface area contributed by atoms with Crippen LogP contribution in [-0.4, -0.2) is 15.0 Å². The van der Waals surface area contributed by atoms with E-state index in [1.165, 1.54) is 22.9 Å². The number of alkyl halides is 1. The summed E-state index contributed by atoms with van der Waals surface area (Å²) < 4.78 is 28.0. The molecule has 1 heterocycles. The zero-order valence-corrected chi connectivity index (χ0v) is 9.79. The van der Waals surface area contributed by atoms with Gasteiger partial charge >= 0.3 is 0 Å². The van der Waals surface area contributed by atoms with Crippen molar-refractivity contribution in [1.29, 1.82) is 0 Å². The Morgan fingerprint density at radius 2 is 1.94 bits per heavy atom. The molecule has 0 aliphatic heterocycles. The largest absolute Gasteiger partial charge is 0.248 e. The van der Waals surface area contributed by atoms with Crippen molar-refractivity contribution >= 4 is 15.9 Å². The molecule has 3 nitrogen and oxygen atoms in total. The van der Waals surface area contributed by atoms with Gasteiger partial charge in [0.15, 0.2) is 0 Å². The summed E-state index contributed by atoms with van der Waals surface area (Å²) in [5.41, 5.74) is 0.713. The van der Waals surface area contributed by atoms with E-state index in [0.717, 1.165) is 5.69 Å². The van der Waals surface area contributed by atoms with Crippen LogP contribution in [0.2, 0.25) is 0 Å². The fourth-order valence-electron chi connectivity index (χ4n) is 1.32. The first-order valence-electron chi connectivity index (χ1n) is 4.58. The Labute approximate surface area is 99.2 Å². The van der Waals surface area contributed by atoms with Gasteiger partial charge in [0.05, 0.1) is 12.2 Å². The highest BCUT2D eigenvalue weighted by Gasteiger charge is 2.09. The molecule has 16 heavy (non-hydrogen) atoms. The van der Waals surface area contributed by atoms with Gasteiger partial charge in [-0.3, -0.25) is 0 Å². The average molecular weight is 288 g/mol. The highest BCUT2D eigenvalue weighted by Crippen LogP contribution is 2.13. The van der Waals surface area contributed by atoms with Crippen LogP contribution in [0.25, 0.3) is 0 Å². The Kier molecular flexibility index (Phi) is 3.28. The van der Waals surface area contributed by atoms with Gasteiger partial charge in [-0.25, -0.2) is 13.5 Å². The maximum absolute atomic E-state index is 13.3. The molecular weight excluding hydrogens is 280 g/mol. The van der Waals surface area contributed by atoms with Gasteiger partial charge in [-0.1, -0.05) is 27.2 Å². The molecule has 6 heteroatoms. The van der Waals surface area contributed by atoms with Gasteiger partial charge < -0.3 is 0 Å². The molecule has 0 bridgehead atoms. The van der Waals surface area contributed by atoms with E-state index in [0.29, 0.717) is 5.33 Å². The summed E-state index contributed by atoms with van der Waals surface area (Å²) in [5.74, 6) is -1.15. The van der Waals surface area contributed by atoms with E-state index in [1.54, 1.807) is 6.20 Å². The van der Waals surface area contributed by atoms with Crippen molar-refractivity contribution in [2.75, 3.05) is 0 Å². The Hall–Kier alpha value is -1.30. The summed E-state index contributed by atoms with van der Waals surface area (Å²) in [6, 6.07) is 3.78. The van der Waals surface area contributed by atoms with Gasteiger partial charge in [-0.15, -0.1) is 5.10 Å². The minimum absolute atomic E-state index is 0.00600. The Morgan fingerprint density at radius 3 is 2.50 bits per heavy atom. The van der Waals surface area contributed by atoms with Gasteiger partial charge in [0.2, 0.25) is 0 Å². The van der Waals surface area contributed by atoms with Crippen molar-refractivity contribution in [3.8, 4) is 0 Å². The maximum atomic E-state index is 13.3. The molecule has 0 fully saturated rings. The summed E-state index contributed by atoms with van der Waals surface area (Å²) in [4.78, 5) is 0. The van der Waals surface area contributed by atoms with Gasteiger partial charge in [0.1, 0.15) is 11.6 Å². The maximum Gasteiger partial charge on any atom is 0.131 e. The van der Waals surface area contributed by atoms with E-state index in [4.69, 9.17) is 0 Å². The quantitative estimate of drug-likeness (QED) is 0.812. The summed E-state index contributed by atoms with van der Waals surface area (Å²) >= 11 is 3.22. The van der Waals surface area contributed by atoms with Crippen LogP contribution in [0.1, 0.15) is 11.3 Å². The molecule has 0 amide bonds. The lowest BCUT2D eigenvalue weighted by atomic mass is 10.2. The molecule has 0 aliphatic carbocycles. The minimum Gasteiger partial charge on any atom is -0.248 e. The number of aromatic nitrogens is 3. The molecule has 0 unspecified atom stereocenters. The van der Waals surface area contributed by atoms with Crippen LogP contribution in [0, 0.1) is 11.6 Å². The molecule has 84 valence electrons. The number of hydrogen-bond donors (Lipinski definition) is 0. The normalized spacial score (nSPS) is 10.7. The van der Waals surface area contributed by atoms with E-state index in [-0.39, 0.29) is 12.1 Å². The molecule has 0 saturated heterocycles. The second kappa shape index (κ2) is 4.69. The zero-order chi connectivity index (χ0) is 11.5. The summed E-state index contributed by atoms with van der Waals surface area (Å²) in [5, 5.41) is 8.14. The lowest BCUT2D eigenvalue weighted by Crippen LogP contribution is -2.05. The summed E-state index contributed by atoms with van der Waals surface area (Å²) in [7, 11) is 0. The molecule has 1 aromatic carbocycles. The predicted octanol–water partition coefficient (Wildman–Crippen LogP) is 2.50. The molecular formula is C10H8BrF2N3. The van der Waals surface area contributed by atoms with E-state index in [2.05, 4.69) is 26.2 Å². The Balaban J connectivity index is 2.26. The fourth-order valence-corrected chi connectivity index (χ4v) is 1.58. The molecule has 0 saturated carbocycles. The van der Waals surface area contributed by atoms with Crippen LogP contribution in [0.4, 0.5) is 8.78 Å².